The van der Waals surface area contributed by atoms with Gasteiger partial charge in [-0.3, -0.25) is 0 Å². The summed E-state index contributed by atoms with van der Waals surface area (Å²) in [5.41, 5.74) is 2.91. The number of aromatic hydroxyl groups is 1. The fourth-order valence-corrected chi connectivity index (χ4v) is 2.44. The molecule has 5 nitrogen and oxygen atoms in total. The quantitative estimate of drug-likeness (QED) is 0.912. The highest BCUT2D eigenvalue weighted by Gasteiger charge is 2.17. The number of phenols is 1. The third kappa shape index (κ3) is 2.70. The van der Waals surface area contributed by atoms with Crippen LogP contribution in [0.5, 0.6) is 5.75 Å². The second-order valence-corrected chi connectivity index (χ2v) is 4.85. The van der Waals surface area contributed by atoms with Gasteiger partial charge in [0.25, 0.3) is 0 Å². The van der Waals surface area contributed by atoms with Crippen molar-refractivity contribution in [3.8, 4) is 11.8 Å². The predicted octanol–water partition coefficient (Wildman–Crippen LogP) is 2.35. The number of nitriles is 1. The van der Waals surface area contributed by atoms with Crippen LogP contribution in [0.4, 0.5) is 5.82 Å². The van der Waals surface area contributed by atoms with Gasteiger partial charge in [0.2, 0.25) is 0 Å². The third-order valence-electron chi connectivity index (χ3n) is 3.57. The van der Waals surface area contributed by atoms with Gasteiger partial charge in [-0.05, 0) is 35.8 Å². The molecule has 0 amide bonds. The fourth-order valence-electron chi connectivity index (χ4n) is 2.44. The number of aromatic nitrogens is 2. The van der Waals surface area contributed by atoms with Crippen LogP contribution in [-0.2, 0) is 0 Å². The molecular formula is C16H14N4O. The van der Waals surface area contributed by atoms with Crippen molar-refractivity contribution < 1.29 is 5.11 Å². The van der Waals surface area contributed by atoms with E-state index in [9.17, 15) is 5.11 Å². The van der Waals surface area contributed by atoms with Crippen LogP contribution < -0.4 is 4.90 Å². The van der Waals surface area contributed by atoms with Crippen molar-refractivity contribution in [2.45, 2.75) is 6.42 Å². The van der Waals surface area contributed by atoms with Gasteiger partial charge in [-0.15, -0.1) is 5.10 Å². The minimum atomic E-state index is 0.273. The number of phenolic OH excluding ortho intramolecular Hbond substituents is 1. The average molecular weight is 278 g/mol. The fraction of sp³-hybridized carbons (Fsp3) is 0.188. The van der Waals surface area contributed by atoms with Crippen molar-refractivity contribution in [2.75, 3.05) is 18.0 Å². The molecule has 0 radical (unpaired) electrons. The molecule has 1 aromatic carbocycles. The van der Waals surface area contributed by atoms with Gasteiger partial charge in [0.1, 0.15) is 11.8 Å². The molecule has 0 atom stereocenters. The highest BCUT2D eigenvalue weighted by Crippen LogP contribution is 2.26. The van der Waals surface area contributed by atoms with Crippen LogP contribution in [0, 0.1) is 11.3 Å². The van der Waals surface area contributed by atoms with Crippen molar-refractivity contribution in [1.82, 2.24) is 10.2 Å². The van der Waals surface area contributed by atoms with Crippen LogP contribution in [0.2, 0.25) is 0 Å². The van der Waals surface area contributed by atoms with Crippen molar-refractivity contribution >= 4 is 11.4 Å². The lowest BCUT2D eigenvalue weighted by Crippen LogP contribution is -2.30. The smallest absolute Gasteiger partial charge is 0.169 e. The normalized spacial score (nSPS) is 14.4. The Morgan fingerprint density at radius 3 is 2.67 bits per heavy atom. The molecule has 2 heterocycles. The van der Waals surface area contributed by atoms with Gasteiger partial charge in [0, 0.05) is 13.1 Å². The Morgan fingerprint density at radius 2 is 2.00 bits per heavy atom. The number of hydrogen-bond donors (Lipinski definition) is 1. The number of rotatable bonds is 2. The first-order valence-electron chi connectivity index (χ1n) is 6.73. The summed E-state index contributed by atoms with van der Waals surface area (Å²) in [4.78, 5) is 2.05. The van der Waals surface area contributed by atoms with Gasteiger partial charge in [-0.1, -0.05) is 18.2 Å². The third-order valence-corrected chi connectivity index (χ3v) is 3.57. The van der Waals surface area contributed by atoms with E-state index < -0.39 is 0 Å². The zero-order chi connectivity index (χ0) is 14.7. The topological polar surface area (TPSA) is 73.0 Å². The Bertz CT molecular complexity index is 716. The summed E-state index contributed by atoms with van der Waals surface area (Å²) in [5, 5.41) is 26.4. The average Bonchev–Trinajstić information content (AvgIpc) is 2.56. The van der Waals surface area contributed by atoms with E-state index in [1.165, 1.54) is 11.8 Å². The Labute approximate surface area is 122 Å². The molecule has 1 N–H and O–H groups in total. The maximum Gasteiger partial charge on any atom is 0.169 e. The van der Waals surface area contributed by atoms with Crippen molar-refractivity contribution in [3.63, 3.8) is 0 Å². The molecule has 0 saturated heterocycles. The van der Waals surface area contributed by atoms with E-state index in [2.05, 4.69) is 27.2 Å². The van der Waals surface area contributed by atoms with Gasteiger partial charge in [0.15, 0.2) is 5.82 Å². The maximum atomic E-state index is 9.33. The first kappa shape index (κ1) is 13.1. The molecule has 0 aliphatic carbocycles. The highest BCUT2D eigenvalue weighted by molar-refractivity contribution is 5.69. The molecule has 2 aromatic rings. The first-order valence-corrected chi connectivity index (χ1v) is 6.73. The molecule has 1 aliphatic heterocycles. The van der Waals surface area contributed by atoms with E-state index in [-0.39, 0.29) is 5.75 Å². The molecular weight excluding hydrogens is 264 g/mol. The monoisotopic (exact) mass is 278 g/mol. The summed E-state index contributed by atoms with van der Waals surface area (Å²) < 4.78 is 0. The van der Waals surface area contributed by atoms with Crippen LogP contribution >= 0.6 is 0 Å². The van der Waals surface area contributed by atoms with Gasteiger partial charge >= 0.3 is 0 Å². The summed E-state index contributed by atoms with van der Waals surface area (Å²) in [6.45, 7) is 1.49. The summed E-state index contributed by atoms with van der Waals surface area (Å²) >= 11 is 0. The first-order chi connectivity index (χ1) is 10.3. The molecule has 3 rings (SSSR count). The van der Waals surface area contributed by atoms with E-state index in [1.807, 2.05) is 12.1 Å². The van der Waals surface area contributed by atoms with E-state index in [0.717, 1.165) is 18.5 Å². The van der Waals surface area contributed by atoms with Crippen LogP contribution in [0.15, 0.2) is 42.6 Å². The largest absolute Gasteiger partial charge is 0.508 e. The molecule has 1 aromatic heterocycles. The zero-order valence-corrected chi connectivity index (χ0v) is 11.4. The Morgan fingerprint density at radius 1 is 1.19 bits per heavy atom. The van der Waals surface area contributed by atoms with Gasteiger partial charge in [-0.2, -0.15) is 10.4 Å². The van der Waals surface area contributed by atoms with Crippen molar-refractivity contribution in [2.24, 2.45) is 0 Å². The van der Waals surface area contributed by atoms with Gasteiger partial charge in [0.05, 0.1) is 11.8 Å². The molecule has 0 spiro atoms. The second-order valence-electron chi connectivity index (χ2n) is 4.85. The molecule has 0 saturated carbocycles. The van der Waals surface area contributed by atoms with Crippen LogP contribution in [0.1, 0.15) is 17.5 Å². The lowest BCUT2D eigenvalue weighted by atomic mass is 9.99. The van der Waals surface area contributed by atoms with E-state index >= 15 is 0 Å². The lowest BCUT2D eigenvalue weighted by molar-refractivity contribution is 0.475. The minimum Gasteiger partial charge on any atom is -0.508 e. The molecule has 1 aliphatic rings. The van der Waals surface area contributed by atoms with Crippen LogP contribution in [0.25, 0.3) is 5.57 Å². The second kappa shape index (κ2) is 5.63. The Balaban J connectivity index is 1.81. The zero-order valence-electron chi connectivity index (χ0n) is 11.4. The molecule has 104 valence electrons. The molecule has 0 unspecified atom stereocenters. The Kier molecular flexibility index (Phi) is 3.52. The van der Waals surface area contributed by atoms with Gasteiger partial charge in [-0.25, -0.2) is 0 Å². The molecule has 5 heteroatoms. The number of benzene rings is 1. The summed E-state index contributed by atoms with van der Waals surface area (Å²) in [6.07, 6.45) is 4.53. The lowest BCUT2D eigenvalue weighted by Gasteiger charge is -2.27. The molecule has 21 heavy (non-hydrogen) atoms. The molecule has 0 fully saturated rings. The predicted molar refractivity (Wildman–Crippen MR) is 79.7 cm³/mol. The Hall–Kier alpha value is -2.87. The van der Waals surface area contributed by atoms with Crippen molar-refractivity contribution in [1.29, 1.82) is 5.26 Å². The van der Waals surface area contributed by atoms with E-state index in [1.54, 1.807) is 18.2 Å². The number of nitrogens with zero attached hydrogens (tertiary/aromatic N) is 4. The maximum absolute atomic E-state index is 9.33. The SMILES string of the molecule is N#Cc1ccnnc1N1CC=C(c2ccc(O)cc2)CC1. The number of hydrogen-bond acceptors (Lipinski definition) is 5. The minimum absolute atomic E-state index is 0.273. The summed E-state index contributed by atoms with van der Waals surface area (Å²) in [5.74, 6) is 0.913. The van der Waals surface area contributed by atoms with Gasteiger partial charge < -0.3 is 10.0 Å². The van der Waals surface area contributed by atoms with Crippen LogP contribution in [0.3, 0.4) is 0 Å². The standard InChI is InChI=1S/C16H14N4O/c17-11-14-5-8-18-19-16(14)20-9-6-13(7-10-20)12-1-3-15(21)4-2-12/h1-6,8,21H,7,9-10H2. The van der Waals surface area contributed by atoms with E-state index in [0.29, 0.717) is 17.9 Å². The summed E-state index contributed by atoms with van der Waals surface area (Å²) in [6, 6.07) is 11.1. The van der Waals surface area contributed by atoms with Crippen molar-refractivity contribution in [3.05, 3.63) is 53.7 Å². The van der Waals surface area contributed by atoms with Crippen LogP contribution in [-0.4, -0.2) is 28.4 Å². The van der Waals surface area contributed by atoms with E-state index in [4.69, 9.17) is 5.26 Å². The molecule has 0 bridgehead atoms. The summed E-state index contributed by atoms with van der Waals surface area (Å²) in [7, 11) is 0. The highest BCUT2D eigenvalue weighted by atomic mass is 16.3. The number of anilines is 1.